The molecule has 1 aromatic heterocycles. The van der Waals surface area contributed by atoms with Crippen LogP contribution >= 0.6 is 12.4 Å². The van der Waals surface area contributed by atoms with E-state index in [2.05, 4.69) is 20.9 Å². The first-order chi connectivity index (χ1) is 13.7. The molecule has 2 heterocycles. The molecule has 0 saturated carbocycles. The normalized spacial score (nSPS) is 15.3. The third kappa shape index (κ3) is 4.99. The van der Waals surface area contributed by atoms with Gasteiger partial charge in [0, 0.05) is 0 Å². The van der Waals surface area contributed by atoms with Crippen LogP contribution in [-0.4, -0.2) is 34.0 Å². The molecular weight excluding hydrogens is 393 g/mol. The van der Waals surface area contributed by atoms with E-state index in [-0.39, 0.29) is 35.9 Å². The average Bonchev–Trinajstić information content (AvgIpc) is 3.24. The lowest BCUT2D eigenvalue weighted by Crippen LogP contribution is -2.30. The van der Waals surface area contributed by atoms with Crippen molar-refractivity contribution in [2.24, 2.45) is 0 Å². The van der Waals surface area contributed by atoms with Gasteiger partial charge in [0.2, 0.25) is 0 Å². The van der Waals surface area contributed by atoms with Crippen molar-refractivity contribution >= 4 is 18.3 Å². The van der Waals surface area contributed by atoms with Crippen LogP contribution in [0.1, 0.15) is 46.5 Å². The van der Waals surface area contributed by atoms with Gasteiger partial charge in [0.05, 0.1) is 18.3 Å². The average molecular weight is 416 g/mol. The van der Waals surface area contributed by atoms with Gasteiger partial charge < -0.3 is 10.6 Å². The number of nitrogens with zero attached hydrogens (tertiary/aromatic N) is 3. The van der Waals surface area contributed by atoms with E-state index in [4.69, 9.17) is 0 Å². The molecule has 2 aromatic carbocycles. The molecule has 1 saturated heterocycles. The van der Waals surface area contributed by atoms with Crippen LogP contribution < -0.4 is 10.6 Å². The van der Waals surface area contributed by atoms with Crippen LogP contribution in [0.15, 0.2) is 60.8 Å². The predicted octanol–water partition coefficient (Wildman–Crippen LogP) is 3.28. The summed E-state index contributed by atoms with van der Waals surface area (Å²) in [6.45, 7) is 1.87. The quantitative estimate of drug-likeness (QED) is 0.670. The van der Waals surface area contributed by atoms with Crippen molar-refractivity contribution in [1.82, 2.24) is 25.6 Å². The molecule has 4 rings (SSSR count). The summed E-state index contributed by atoms with van der Waals surface area (Å²) in [5, 5.41) is 14.5. The molecule has 0 spiro atoms. The number of hydrogen-bond donors (Lipinski definition) is 2. The Morgan fingerprint density at radius 2 is 1.72 bits per heavy atom. The Morgan fingerprint density at radius 3 is 2.41 bits per heavy atom. The molecule has 1 amide bonds. The summed E-state index contributed by atoms with van der Waals surface area (Å²) in [6, 6.07) is 15.6. The van der Waals surface area contributed by atoms with E-state index in [0.29, 0.717) is 0 Å². The van der Waals surface area contributed by atoms with Crippen LogP contribution in [-0.2, 0) is 0 Å². The Labute approximate surface area is 174 Å². The number of carbonyl (C=O) groups excluding carboxylic acids is 1. The Bertz CT molecular complexity index is 926. The number of piperidine rings is 1. The van der Waals surface area contributed by atoms with Crippen LogP contribution in [0.25, 0.3) is 0 Å². The first kappa shape index (κ1) is 21.0. The highest BCUT2D eigenvalue weighted by Gasteiger charge is 2.22. The molecule has 1 aliphatic rings. The lowest BCUT2D eigenvalue weighted by Gasteiger charge is -2.22. The van der Waals surface area contributed by atoms with Gasteiger partial charge in [0.25, 0.3) is 5.91 Å². The first-order valence-corrected chi connectivity index (χ1v) is 9.44. The SMILES string of the molecule is Cl.O=C(NC(c1ccccc1)c1ccc(F)cc1)c1cn(C2CCNCC2)nn1. The van der Waals surface area contributed by atoms with Gasteiger partial charge in [-0.1, -0.05) is 47.7 Å². The lowest BCUT2D eigenvalue weighted by molar-refractivity contribution is 0.0938. The zero-order valence-electron chi connectivity index (χ0n) is 15.8. The Morgan fingerprint density at radius 1 is 1.07 bits per heavy atom. The number of amides is 1. The first-order valence-electron chi connectivity index (χ1n) is 9.44. The fourth-order valence-corrected chi connectivity index (χ4v) is 3.50. The van der Waals surface area contributed by atoms with Crippen molar-refractivity contribution in [3.63, 3.8) is 0 Å². The van der Waals surface area contributed by atoms with Crippen molar-refractivity contribution in [2.75, 3.05) is 13.1 Å². The molecule has 3 aromatic rings. The molecular formula is C21H23ClFN5O. The highest BCUT2D eigenvalue weighted by atomic mass is 35.5. The smallest absolute Gasteiger partial charge is 0.274 e. The maximum absolute atomic E-state index is 13.3. The standard InChI is InChI=1S/C21H22FN5O.ClH/c22-17-8-6-16(7-9-17)20(15-4-2-1-3-5-15)24-21(28)19-14-27(26-25-19)18-10-12-23-13-11-18;/h1-9,14,18,20,23H,10-13H2,(H,24,28);1H. The van der Waals surface area contributed by atoms with Gasteiger partial charge in [-0.15, -0.1) is 17.5 Å². The van der Waals surface area contributed by atoms with Crippen LogP contribution in [0.4, 0.5) is 4.39 Å². The van der Waals surface area contributed by atoms with E-state index in [1.54, 1.807) is 23.0 Å². The summed E-state index contributed by atoms with van der Waals surface area (Å²) in [6.07, 6.45) is 3.64. The second kappa shape index (κ2) is 9.62. The van der Waals surface area contributed by atoms with E-state index >= 15 is 0 Å². The monoisotopic (exact) mass is 415 g/mol. The highest BCUT2D eigenvalue weighted by molar-refractivity contribution is 5.92. The van der Waals surface area contributed by atoms with Crippen LogP contribution in [0.5, 0.6) is 0 Å². The highest BCUT2D eigenvalue weighted by Crippen LogP contribution is 2.23. The van der Waals surface area contributed by atoms with Gasteiger partial charge in [-0.3, -0.25) is 4.79 Å². The van der Waals surface area contributed by atoms with E-state index < -0.39 is 6.04 Å². The second-order valence-electron chi connectivity index (χ2n) is 6.93. The van der Waals surface area contributed by atoms with Crippen molar-refractivity contribution in [1.29, 1.82) is 0 Å². The molecule has 1 fully saturated rings. The second-order valence-corrected chi connectivity index (χ2v) is 6.93. The summed E-state index contributed by atoms with van der Waals surface area (Å²) in [4.78, 5) is 12.9. The minimum atomic E-state index is -0.404. The fourth-order valence-electron chi connectivity index (χ4n) is 3.50. The van der Waals surface area contributed by atoms with E-state index in [9.17, 15) is 9.18 Å². The lowest BCUT2D eigenvalue weighted by atomic mass is 9.98. The van der Waals surface area contributed by atoms with Crippen LogP contribution in [0, 0.1) is 5.82 Å². The van der Waals surface area contributed by atoms with Crippen LogP contribution in [0.3, 0.4) is 0 Å². The van der Waals surface area contributed by atoms with E-state index in [0.717, 1.165) is 37.1 Å². The fraction of sp³-hybridized carbons (Fsp3) is 0.286. The van der Waals surface area contributed by atoms with Gasteiger partial charge in [-0.25, -0.2) is 9.07 Å². The Hall–Kier alpha value is -2.77. The molecule has 0 bridgehead atoms. The van der Waals surface area contributed by atoms with Crippen LogP contribution in [0.2, 0.25) is 0 Å². The number of aromatic nitrogens is 3. The number of halogens is 2. The molecule has 152 valence electrons. The molecule has 1 atom stereocenters. The van der Waals surface area contributed by atoms with Gasteiger partial charge in [-0.2, -0.15) is 0 Å². The topological polar surface area (TPSA) is 71.8 Å². The third-order valence-corrected chi connectivity index (χ3v) is 5.04. The van der Waals surface area contributed by atoms with Crippen molar-refractivity contribution in [3.8, 4) is 0 Å². The maximum Gasteiger partial charge on any atom is 0.274 e. The largest absolute Gasteiger partial charge is 0.340 e. The predicted molar refractivity (Wildman–Crippen MR) is 111 cm³/mol. The molecule has 2 N–H and O–H groups in total. The van der Waals surface area contributed by atoms with E-state index in [1.165, 1.54) is 12.1 Å². The van der Waals surface area contributed by atoms with Gasteiger partial charge >= 0.3 is 0 Å². The van der Waals surface area contributed by atoms with E-state index in [1.807, 2.05) is 30.3 Å². The summed E-state index contributed by atoms with van der Waals surface area (Å²) < 4.78 is 15.1. The summed E-state index contributed by atoms with van der Waals surface area (Å²) >= 11 is 0. The zero-order chi connectivity index (χ0) is 19.3. The van der Waals surface area contributed by atoms with Gasteiger partial charge in [0.1, 0.15) is 5.82 Å². The molecule has 1 aliphatic heterocycles. The molecule has 6 nitrogen and oxygen atoms in total. The number of benzene rings is 2. The summed E-state index contributed by atoms with van der Waals surface area (Å²) in [5.74, 6) is -0.620. The molecule has 0 aliphatic carbocycles. The number of carbonyl (C=O) groups is 1. The van der Waals surface area contributed by atoms with Crippen molar-refractivity contribution in [3.05, 3.63) is 83.4 Å². The Kier molecular flexibility index (Phi) is 6.95. The number of rotatable bonds is 5. The zero-order valence-corrected chi connectivity index (χ0v) is 16.6. The number of hydrogen-bond acceptors (Lipinski definition) is 4. The Balaban J connectivity index is 0.00000240. The van der Waals surface area contributed by atoms with Gasteiger partial charge in [0.15, 0.2) is 5.69 Å². The minimum Gasteiger partial charge on any atom is -0.340 e. The molecule has 29 heavy (non-hydrogen) atoms. The van der Waals surface area contributed by atoms with Gasteiger partial charge in [-0.05, 0) is 49.2 Å². The molecule has 1 unspecified atom stereocenters. The summed E-state index contributed by atoms with van der Waals surface area (Å²) in [7, 11) is 0. The summed E-state index contributed by atoms with van der Waals surface area (Å²) in [5.41, 5.74) is 1.99. The third-order valence-electron chi connectivity index (χ3n) is 5.04. The van der Waals surface area contributed by atoms with Crippen molar-refractivity contribution < 1.29 is 9.18 Å². The molecule has 0 radical (unpaired) electrons. The molecule has 8 heteroatoms. The minimum absolute atomic E-state index is 0. The van der Waals surface area contributed by atoms with Crippen molar-refractivity contribution in [2.45, 2.75) is 24.9 Å². The number of nitrogens with one attached hydrogen (secondary N) is 2. The maximum atomic E-state index is 13.3.